The summed E-state index contributed by atoms with van der Waals surface area (Å²) in [5.74, 6) is -0.135. The normalized spacial score (nSPS) is 13.7. The number of unbranched alkanes of at least 4 members (excludes halogenated alkanes) is 2. The fourth-order valence-corrected chi connectivity index (χ4v) is 3.15. The Morgan fingerprint density at radius 3 is 2.65 bits per heavy atom. The van der Waals surface area contributed by atoms with Crippen LogP contribution in [0.1, 0.15) is 55.8 Å². The average Bonchev–Trinajstić information content (AvgIpc) is 3.16. The maximum atomic E-state index is 12.6. The van der Waals surface area contributed by atoms with Crippen molar-refractivity contribution in [1.82, 2.24) is 5.32 Å². The Balaban J connectivity index is 2.11. The highest BCUT2D eigenvalue weighted by Gasteiger charge is 2.20. The molecule has 1 fully saturated rings. The Hall–Kier alpha value is -2.08. The largest absolute Gasteiger partial charge is 0.383 e. The summed E-state index contributed by atoms with van der Waals surface area (Å²) in [4.78, 5) is 27.0. The number of amides is 2. The number of carbonyl (C=O) groups excluding carboxylic acids is 2. The molecular formula is C20H31N3O3. The van der Waals surface area contributed by atoms with Gasteiger partial charge in [0.2, 0.25) is 5.91 Å². The van der Waals surface area contributed by atoms with E-state index < -0.39 is 0 Å². The first-order valence-corrected chi connectivity index (χ1v) is 9.61. The van der Waals surface area contributed by atoms with Crippen LogP contribution in [0.2, 0.25) is 0 Å². The van der Waals surface area contributed by atoms with E-state index in [1.54, 1.807) is 13.2 Å². The summed E-state index contributed by atoms with van der Waals surface area (Å²) in [7, 11) is 1.61. The van der Waals surface area contributed by atoms with Crippen LogP contribution in [0.4, 0.5) is 11.4 Å². The molecule has 1 aromatic carbocycles. The van der Waals surface area contributed by atoms with Crippen molar-refractivity contribution >= 4 is 23.2 Å². The number of methoxy groups -OCH3 is 1. The molecule has 0 unspecified atom stereocenters. The highest BCUT2D eigenvalue weighted by molar-refractivity contribution is 6.02. The van der Waals surface area contributed by atoms with Crippen LogP contribution in [0.3, 0.4) is 0 Å². The SMILES string of the molecule is CCCCCC(=O)Nc1ccc(N2CCCC2)c(C(=O)NCCOC)c1. The van der Waals surface area contributed by atoms with E-state index in [2.05, 4.69) is 22.5 Å². The second kappa shape index (κ2) is 10.8. The Morgan fingerprint density at radius 2 is 1.96 bits per heavy atom. The third-order valence-electron chi connectivity index (χ3n) is 4.57. The number of benzene rings is 1. The summed E-state index contributed by atoms with van der Waals surface area (Å²) < 4.78 is 5.00. The van der Waals surface area contributed by atoms with Gasteiger partial charge >= 0.3 is 0 Å². The van der Waals surface area contributed by atoms with E-state index in [0.29, 0.717) is 30.8 Å². The van der Waals surface area contributed by atoms with Gasteiger partial charge in [-0.15, -0.1) is 0 Å². The molecule has 144 valence electrons. The highest BCUT2D eigenvalue weighted by atomic mass is 16.5. The predicted molar refractivity (Wildman–Crippen MR) is 105 cm³/mol. The lowest BCUT2D eigenvalue weighted by Crippen LogP contribution is -2.30. The number of carbonyl (C=O) groups is 2. The fraction of sp³-hybridized carbons (Fsp3) is 0.600. The van der Waals surface area contributed by atoms with Crippen LogP contribution in [-0.4, -0.2) is 45.2 Å². The minimum Gasteiger partial charge on any atom is -0.383 e. The van der Waals surface area contributed by atoms with Crippen molar-refractivity contribution in [2.75, 3.05) is 43.6 Å². The summed E-state index contributed by atoms with van der Waals surface area (Å²) in [5.41, 5.74) is 2.21. The topological polar surface area (TPSA) is 70.7 Å². The van der Waals surface area contributed by atoms with Gasteiger partial charge in [0.15, 0.2) is 0 Å². The first-order chi connectivity index (χ1) is 12.7. The number of ether oxygens (including phenoxy) is 1. The number of rotatable bonds is 10. The van der Waals surface area contributed by atoms with Gasteiger partial charge in [0.25, 0.3) is 5.91 Å². The zero-order chi connectivity index (χ0) is 18.8. The molecule has 26 heavy (non-hydrogen) atoms. The highest BCUT2D eigenvalue weighted by Crippen LogP contribution is 2.27. The number of hydrogen-bond acceptors (Lipinski definition) is 4. The second-order valence-electron chi connectivity index (χ2n) is 6.68. The maximum absolute atomic E-state index is 12.6. The van der Waals surface area contributed by atoms with Gasteiger partial charge in [-0.05, 0) is 37.5 Å². The molecule has 2 amide bonds. The third kappa shape index (κ3) is 6.02. The average molecular weight is 361 g/mol. The van der Waals surface area contributed by atoms with Crippen LogP contribution in [-0.2, 0) is 9.53 Å². The summed E-state index contributed by atoms with van der Waals surface area (Å²) in [6.07, 6.45) is 5.81. The molecule has 1 aliphatic rings. The number of hydrogen-bond donors (Lipinski definition) is 2. The number of nitrogens with zero attached hydrogens (tertiary/aromatic N) is 1. The minimum absolute atomic E-state index is 0.00175. The van der Waals surface area contributed by atoms with Gasteiger partial charge < -0.3 is 20.3 Å². The van der Waals surface area contributed by atoms with E-state index in [-0.39, 0.29) is 11.8 Å². The molecule has 2 N–H and O–H groups in total. The van der Waals surface area contributed by atoms with Gasteiger partial charge in [0.05, 0.1) is 12.2 Å². The van der Waals surface area contributed by atoms with Crippen molar-refractivity contribution in [3.05, 3.63) is 23.8 Å². The van der Waals surface area contributed by atoms with Crippen molar-refractivity contribution in [2.24, 2.45) is 0 Å². The number of anilines is 2. The molecule has 2 rings (SSSR count). The van der Waals surface area contributed by atoms with Crippen LogP contribution in [0.5, 0.6) is 0 Å². The lowest BCUT2D eigenvalue weighted by atomic mass is 10.1. The van der Waals surface area contributed by atoms with Gasteiger partial charge in [-0.3, -0.25) is 9.59 Å². The molecule has 0 radical (unpaired) electrons. The van der Waals surface area contributed by atoms with E-state index in [1.807, 2.05) is 12.1 Å². The summed E-state index contributed by atoms with van der Waals surface area (Å²) in [5, 5.41) is 5.80. The molecule has 1 aliphatic heterocycles. The fourth-order valence-electron chi connectivity index (χ4n) is 3.15. The Bertz CT molecular complexity index is 598. The molecule has 1 aromatic rings. The van der Waals surface area contributed by atoms with Gasteiger partial charge in [-0.1, -0.05) is 19.8 Å². The Morgan fingerprint density at radius 1 is 1.19 bits per heavy atom. The van der Waals surface area contributed by atoms with Crippen molar-refractivity contribution in [3.63, 3.8) is 0 Å². The molecule has 0 atom stereocenters. The van der Waals surface area contributed by atoms with Gasteiger partial charge in [-0.25, -0.2) is 0 Å². The van der Waals surface area contributed by atoms with E-state index in [1.165, 1.54) is 0 Å². The van der Waals surface area contributed by atoms with Crippen molar-refractivity contribution in [2.45, 2.75) is 45.4 Å². The quantitative estimate of drug-likeness (QED) is 0.628. The van der Waals surface area contributed by atoms with Gasteiger partial charge in [0, 0.05) is 44.5 Å². The Labute approximate surface area is 156 Å². The molecule has 0 bridgehead atoms. The van der Waals surface area contributed by atoms with Crippen LogP contribution in [0, 0.1) is 0 Å². The molecule has 6 heteroatoms. The smallest absolute Gasteiger partial charge is 0.253 e. The molecule has 1 heterocycles. The second-order valence-corrected chi connectivity index (χ2v) is 6.68. The molecule has 6 nitrogen and oxygen atoms in total. The van der Waals surface area contributed by atoms with Gasteiger partial charge in [0.1, 0.15) is 0 Å². The van der Waals surface area contributed by atoms with Crippen LogP contribution < -0.4 is 15.5 Å². The first-order valence-electron chi connectivity index (χ1n) is 9.61. The monoisotopic (exact) mass is 361 g/mol. The summed E-state index contributed by atoms with van der Waals surface area (Å²) >= 11 is 0. The van der Waals surface area contributed by atoms with E-state index in [4.69, 9.17) is 4.74 Å². The van der Waals surface area contributed by atoms with Crippen molar-refractivity contribution in [3.8, 4) is 0 Å². The zero-order valence-electron chi connectivity index (χ0n) is 16.0. The van der Waals surface area contributed by atoms with Crippen molar-refractivity contribution < 1.29 is 14.3 Å². The summed E-state index contributed by atoms with van der Waals surface area (Å²) in [6.45, 7) is 4.96. The first kappa shape index (κ1) is 20.2. The van der Waals surface area contributed by atoms with Crippen molar-refractivity contribution in [1.29, 1.82) is 0 Å². The molecule has 0 aliphatic carbocycles. The zero-order valence-corrected chi connectivity index (χ0v) is 16.0. The summed E-state index contributed by atoms with van der Waals surface area (Å²) in [6, 6.07) is 5.61. The molecule has 0 saturated carbocycles. The Kier molecular flexibility index (Phi) is 8.41. The number of nitrogens with one attached hydrogen (secondary N) is 2. The molecule has 1 saturated heterocycles. The van der Waals surface area contributed by atoms with E-state index in [9.17, 15) is 9.59 Å². The molecule has 0 spiro atoms. The maximum Gasteiger partial charge on any atom is 0.253 e. The minimum atomic E-state index is -0.133. The lowest BCUT2D eigenvalue weighted by Gasteiger charge is -2.22. The van der Waals surface area contributed by atoms with Crippen LogP contribution >= 0.6 is 0 Å². The lowest BCUT2D eigenvalue weighted by molar-refractivity contribution is -0.116. The standard InChI is InChI=1S/C20H31N3O3/c1-3-4-5-8-19(24)22-16-9-10-18(23-12-6-7-13-23)17(15-16)20(25)21-11-14-26-2/h9-10,15H,3-8,11-14H2,1-2H3,(H,21,25)(H,22,24). The van der Waals surface area contributed by atoms with Gasteiger partial charge in [-0.2, -0.15) is 0 Å². The van der Waals surface area contributed by atoms with E-state index >= 15 is 0 Å². The molecular weight excluding hydrogens is 330 g/mol. The molecule has 0 aromatic heterocycles. The van der Waals surface area contributed by atoms with Crippen LogP contribution in [0.25, 0.3) is 0 Å². The third-order valence-corrected chi connectivity index (χ3v) is 4.57. The predicted octanol–water partition coefficient (Wildman–Crippen LogP) is 3.18. The van der Waals surface area contributed by atoms with Crippen LogP contribution in [0.15, 0.2) is 18.2 Å². The van der Waals surface area contributed by atoms with E-state index in [0.717, 1.165) is 50.9 Å².